The van der Waals surface area contributed by atoms with Crippen LogP contribution < -0.4 is 11.0 Å². The Balaban J connectivity index is 1.46. The number of nitrogens with zero attached hydrogens (tertiary/aromatic N) is 5. The van der Waals surface area contributed by atoms with E-state index in [-0.39, 0.29) is 11.7 Å². The van der Waals surface area contributed by atoms with Crippen molar-refractivity contribution in [3.05, 3.63) is 59.0 Å². The monoisotopic (exact) mass is 434 g/mol. The summed E-state index contributed by atoms with van der Waals surface area (Å²) < 4.78 is 10.7. The number of para-hydroxylation sites is 2. The summed E-state index contributed by atoms with van der Waals surface area (Å²) in [6.07, 6.45) is 5.87. The van der Waals surface area contributed by atoms with Crippen LogP contribution >= 0.6 is 0 Å². The molecule has 1 fully saturated rings. The first kappa shape index (κ1) is 20.3. The molecule has 9 heteroatoms. The van der Waals surface area contributed by atoms with Gasteiger partial charge in [0.1, 0.15) is 5.82 Å². The third-order valence-corrected chi connectivity index (χ3v) is 5.81. The molecule has 1 saturated carbocycles. The van der Waals surface area contributed by atoms with Crippen molar-refractivity contribution in [3.63, 3.8) is 0 Å². The summed E-state index contributed by atoms with van der Waals surface area (Å²) >= 11 is 0. The van der Waals surface area contributed by atoms with E-state index >= 15 is 0 Å². The van der Waals surface area contributed by atoms with Gasteiger partial charge in [0.2, 0.25) is 0 Å². The number of rotatable bonds is 8. The topological polar surface area (TPSA) is 96.0 Å². The van der Waals surface area contributed by atoms with Gasteiger partial charge in [-0.05, 0) is 44.4 Å². The highest BCUT2D eigenvalue weighted by molar-refractivity contribution is 5.77. The third-order valence-electron chi connectivity index (χ3n) is 5.81. The molecule has 32 heavy (non-hydrogen) atoms. The Morgan fingerprint density at radius 2 is 2.00 bits per heavy atom. The van der Waals surface area contributed by atoms with E-state index in [1.165, 1.54) is 0 Å². The third kappa shape index (κ3) is 3.74. The number of carbonyl (C=O) groups excluding carboxylic acids is 1. The number of fused-ring (bicyclic) bond motifs is 2. The fourth-order valence-corrected chi connectivity index (χ4v) is 4.21. The summed E-state index contributed by atoms with van der Waals surface area (Å²) in [7, 11) is 0. The lowest BCUT2D eigenvalue weighted by Crippen LogP contribution is -2.27. The number of ether oxygens (including phenoxy) is 1. The zero-order valence-corrected chi connectivity index (χ0v) is 18.0. The minimum atomic E-state index is -0.407. The molecule has 1 amide bonds. The van der Waals surface area contributed by atoms with Gasteiger partial charge in [-0.3, -0.25) is 14.1 Å². The maximum absolute atomic E-state index is 13.3. The molecule has 166 valence electrons. The molecule has 0 atom stereocenters. The number of hydrogen-bond donors (Lipinski definition) is 1. The predicted octanol–water partition coefficient (Wildman–Crippen LogP) is 3.07. The van der Waals surface area contributed by atoms with Gasteiger partial charge in [-0.15, -0.1) is 0 Å². The molecule has 1 aromatic carbocycles. The van der Waals surface area contributed by atoms with Gasteiger partial charge in [0, 0.05) is 25.3 Å². The smallest absolute Gasteiger partial charge is 0.407 e. The highest BCUT2D eigenvalue weighted by atomic mass is 16.5. The maximum atomic E-state index is 13.3. The molecule has 0 unspecified atom stereocenters. The molecule has 9 nitrogen and oxygen atoms in total. The Bertz CT molecular complexity index is 1330. The summed E-state index contributed by atoms with van der Waals surface area (Å²) in [5.41, 5.74) is 3.63. The minimum Gasteiger partial charge on any atom is -0.450 e. The molecule has 0 saturated heterocycles. The first-order valence-corrected chi connectivity index (χ1v) is 11.1. The highest BCUT2D eigenvalue weighted by Crippen LogP contribution is 2.36. The fraction of sp³-hybridized carbons (Fsp3) is 0.391. The second-order valence-electron chi connectivity index (χ2n) is 8.00. The highest BCUT2D eigenvalue weighted by Gasteiger charge is 2.29. The predicted molar refractivity (Wildman–Crippen MR) is 121 cm³/mol. The zero-order valence-electron chi connectivity index (χ0n) is 18.0. The standard InChI is InChI=1S/C23H26N6O3/c1-2-32-22(30)25-11-5-13-27-18-7-4-3-6-17(18)26-21(27)15-28-20-14-24-12-10-19(20)29(23(28)31)16-8-9-16/h3-4,6-7,10,12,14,16H,2,5,8-9,11,13,15H2,1H3,(H,25,30). The van der Waals surface area contributed by atoms with Gasteiger partial charge < -0.3 is 14.6 Å². The van der Waals surface area contributed by atoms with Crippen LogP contribution in [-0.2, 0) is 17.8 Å². The Kier molecular flexibility index (Phi) is 5.38. The Morgan fingerprint density at radius 3 is 2.81 bits per heavy atom. The van der Waals surface area contributed by atoms with E-state index in [9.17, 15) is 9.59 Å². The maximum Gasteiger partial charge on any atom is 0.407 e. The molecule has 0 aliphatic heterocycles. The van der Waals surface area contributed by atoms with E-state index in [0.29, 0.717) is 32.7 Å². The summed E-state index contributed by atoms with van der Waals surface area (Å²) in [5, 5.41) is 2.76. The number of carbonyl (C=O) groups is 1. The number of imidazole rings is 2. The van der Waals surface area contributed by atoms with Crippen LogP contribution in [0.15, 0.2) is 47.5 Å². The van der Waals surface area contributed by atoms with Gasteiger partial charge in [0.15, 0.2) is 0 Å². The average Bonchev–Trinajstić information content (AvgIpc) is 3.51. The van der Waals surface area contributed by atoms with Gasteiger partial charge in [-0.2, -0.15) is 0 Å². The quantitative estimate of drug-likeness (QED) is 0.430. The Morgan fingerprint density at radius 1 is 1.16 bits per heavy atom. The largest absolute Gasteiger partial charge is 0.450 e. The normalized spacial score (nSPS) is 13.7. The first-order chi connectivity index (χ1) is 15.7. The molecule has 3 heterocycles. The van der Waals surface area contributed by atoms with Crippen LogP contribution in [0.4, 0.5) is 4.79 Å². The molecule has 0 bridgehead atoms. The summed E-state index contributed by atoms with van der Waals surface area (Å²) in [6.45, 7) is 3.65. The number of nitrogens with one attached hydrogen (secondary N) is 1. The second kappa shape index (κ2) is 8.49. The van der Waals surface area contributed by atoms with Gasteiger partial charge in [-0.1, -0.05) is 12.1 Å². The SMILES string of the molecule is CCOC(=O)NCCCn1c(Cn2c(=O)n(C3CC3)c3ccncc32)nc2ccccc21. The molecule has 4 aromatic rings. The van der Waals surface area contributed by atoms with Crippen molar-refractivity contribution in [2.24, 2.45) is 0 Å². The number of hydrogen-bond acceptors (Lipinski definition) is 5. The number of aryl methyl sites for hydroxylation is 1. The van der Waals surface area contributed by atoms with Crippen LogP contribution in [0.3, 0.4) is 0 Å². The molecule has 1 aliphatic rings. The van der Waals surface area contributed by atoms with E-state index in [2.05, 4.69) is 14.9 Å². The van der Waals surface area contributed by atoms with Crippen LogP contribution in [-0.4, -0.2) is 42.9 Å². The van der Waals surface area contributed by atoms with Crippen LogP contribution in [0.2, 0.25) is 0 Å². The van der Waals surface area contributed by atoms with Crippen molar-refractivity contribution in [2.45, 2.75) is 45.3 Å². The zero-order chi connectivity index (χ0) is 22.1. The van der Waals surface area contributed by atoms with E-state index in [0.717, 1.165) is 40.7 Å². The lowest BCUT2D eigenvalue weighted by Gasteiger charge is -2.11. The van der Waals surface area contributed by atoms with Gasteiger partial charge in [0.25, 0.3) is 0 Å². The second-order valence-corrected chi connectivity index (χ2v) is 8.00. The fourth-order valence-electron chi connectivity index (χ4n) is 4.21. The van der Waals surface area contributed by atoms with Gasteiger partial charge in [-0.25, -0.2) is 14.6 Å². The molecule has 1 N–H and O–H groups in total. The summed E-state index contributed by atoms with van der Waals surface area (Å²) in [5.74, 6) is 0.808. The Hall–Kier alpha value is -3.62. The van der Waals surface area contributed by atoms with E-state index < -0.39 is 6.09 Å². The Labute approximate surface area is 184 Å². The molecular weight excluding hydrogens is 408 g/mol. The summed E-state index contributed by atoms with van der Waals surface area (Å²) in [4.78, 5) is 33.9. The molecule has 5 rings (SSSR count). The van der Waals surface area contributed by atoms with Crippen LogP contribution in [0.1, 0.15) is 38.1 Å². The number of amides is 1. The average molecular weight is 435 g/mol. The van der Waals surface area contributed by atoms with E-state index in [4.69, 9.17) is 9.72 Å². The van der Waals surface area contributed by atoms with E-state index in [1.807, 2.05) is 34.9 Å². The molecular formula is C23H26N6O3. The summed E-state index contributed by atoms with van der Waals surface area (Å²) in [6, 6.07) is 10.1. The lowest BCUT2D eigenvalue weighted by molar-refractivity contribution is 0.152. The van der Waals surface area contributed by atoms with Crippen molar-refractivity contribution in [1.82, 2.24) is 29.0 Å². The van der Waals surface area contributed by atoms with Crippen molar-refractivity contribution in [2.75, 3.05) is 13.2 Å². The lowest BCUT2D eigenvalue weighted by atomic mass is 10.3. The molecule has 1 aliphatic carbocycles. The van der Waals surface area contributed by atoms with Crippen molar-refractivity contribution in [3.8, 4) is 0 Å². The van der Waals surface area contributed by atoms with Gasteiger partial charge >= 0.3 is 11.8 Å². The van der Waals surface area contributed by atoms with Crippen LogP contribution in [0, 0.1) is 0 Å². The van der Waals surface area contributed by atoms with E-state index in [1.54, 1.807) is 23.9 Å². The van der Waals surface area contributed by atoms with Crippen LogP contribution in [0.5, 0.6) is 0 Å². The first-order valence-electron chi connectivity index (χ1n) is 11.1. The molecule has 0 spiro atoms. The number of aromatic nitrogens is 5. The number of alkyl carbamates (subject to hydrolysis) is 1. The number of benzene rings is 1. The van der Waals surface area contributed by atoms with Crippen molar-refractivity contribution in [1.29, 1.82) is 0 Å². The molecule has 0 radical (unpaired) electrons. The van der Waals surface area contributed by atoms with Crippen molar-refractivity contribution < 1.29 is 9.53 Å². The number of pyridine rings is 1. The van der Waals surface area contributed by atoms with Crippen LogP contribution in [0.25, 0.3) is 22.1 Å². The molecule has 3 aromatic heterocycles. The minimum absolute atomic E-state index is 0.0157. The van der Waals surface area contributed by atoms with Crippen molar-refractivity contribution >= 4 is 28.2 Å². The van der Waals surface area contributed by atoms with Gasteiger partial charge in [0.05, 0.1) is 41.4 Å².